The van der Waals surface area contributed by atoms with Crippen molar-refractivity contribution in [3.8, 4) is 0 Å². The van der Waals surface area contributed by atoms with E-state index in [1.54, 1.807) is 17.8 Å². The van der Waals surface area contributed by atoms with E-state index < -0.39 is 11.5 Å². The van der Waals surface area contributed by atoms with E-state index in [1.165, 1.54) is 0 Å². The molecule has 1 aliphatic rings. The average Bonchev–Trinajstić information content (AvgIpc) is 3.00. The van der Waals surface area contributed by atoms with Crippen LogP contribution in [0, 0.1) is 5.92 Å². The number of aryl methyl sites for hydroxylation is 1. The van der Waals surface area contributed by atoms with Gasteiger partial charge in [0.15, 0.2) is 0 Å². The molecule has 1 aromatic heterocycles. The number of aromatic nitrogens is 3. The Morgan fingerprint density at radius 3 is 2.88 bits per heavy atom. The summed E-state index contributed by atoms with van der Waals surface area (Å²) in [4.78, 5) is 11.2. The first kappa shape index (κ1) is 11.1. The normalized spacial score (nSPS) is 19.4. The number of nitrogens with zero attached hydrogens (tertiary/aromatic N) is 3. The van der Waals surface area contributed by atoms with Gasteiger partial charge in [-0.2, -0.15) is 0 Å². The van der Waals surface area contributed by atoms with E-state index in [9.17, 15) is 9.90 Å². The molecule has 0 aliphatic heterocycles. The fraction of sp³-hybridized carbons (Fsp3) is 0.700. The van der Waals surface area contributed by atoms with Crippen LogP contribution in [0.2, 0.25) is 0 Å². The molecule has 0 bridgehead atoms. The van der Waals surface area contributed by atoms with Crippen LogP contribution in [0.5, 0.6) is 0 Å². The van der Waals surface area contributed by atoms with Crippen molar-refractivity contribution in [2.24, 2.45) is 13.0 Å². The molecule has 1 fully saturated rings. The van der Waals surface area contributed by atoms with Crippen LogP contribution < -0.4 is 5.32 Å². The predicted molar refractivity (Wildman–Crippen MR) is 56.6 cm³/mol. The Hall–Kier alpha value is -1.43. The largest absolute Gasteiger partial charge is 0.480 e. The summed E-state index contributed by atoms with van der Waals surface area (Å²) in [5, 5.41) is 20.0. The molecule has 0 radical (unpaired) electrons. The third-order valence-corrected chi connectivity index (χ3v) is 3.26. The molecule has 1 aliphatic carbocycles. The van der Waals surface area contributed by atoms with Gasteiger partial charge in [0.2, 0.25) is 0 Å². The lowest BCUT2D eigenvalue weighted by atomic mass is 9.96. The van der Waals surface area contributed by atoms with Gasteiger partial charge in [0.25, 0.3) is 0 Å². The van der Waals surface area contributed by atoms with Crippen molar-refractivity contribution in [1.29, 1.82) is 0 Å². The molecular formula is C10H16N4O2. The molecule has 1 unspecified atom stereocenters. The van der Waals surface area contributed by atoms with Crippen molar-refractivity contribution >= 4 is 5.97 Å². The molecule has 1 heterocycles. The summed E-state index contributed by atoms with van der Waals surface area (Å²) in [6.45, 7) is 2.17. The zero-order valence-electron chi connectivity index (χ0n) is 9.47. The van der Waals surface area contributed by atoms with Crippen molar-refractivity contribution in [2.45, 2.75) is 31.8 Å². The minimum atomic E-state index is -0.841. The Morgan fingerprint density at radius 1 is 1.75 bits per heavy atom. The van der Waals surface area contributed by atoms with E-state index in [4.69, 9.17) is 0 Å². The monoisotopic (exact) mass is 224 g/mol. The smallest absolute Gasteiger partial charge is 0.323 e. The molecule has 16 heavy (non-hydrogen) atoms. The SMILES string of the molecule is Cn1cnnc1CNC(C)(C(=O)O)C1CC1. The highest BCUT2D eigenvalue weighted by atomic mass is 16.4. The first-order valence-electron chi connectivity index (χ1n) is 5.35. The highest BCUT2D eigenvalue weighted by molar-refractivity contribution is 5.79. The molecular weight excluding hydrogens is 208 g/mol. The van der Waals surface area contributed by atoms with Gasteiger partial charge in [0.05, 0.1) is 6.54 Å². The van der Waals surface area contributed by atoms with Crippen molar-refractivity contribution in [1.82, 2.24) is 20.1 Å². The zero-order valence-corrected chi connectivity index (χ0v) is 9.47. The van der Waals surface area contributed by atoms with Crippen molar-refractivity contribution in [3.05, 3.63) is 12.2 Å². The molecule has 2 N–H and O–H groups in total. The third-order valence-electron chi connectivity index (χ3n) is 3.26. The molecule has 6 heteroatoms. The molecule has 1 atom stereocenters. The summed E-state index contributed by atoms with van der Waals surface area (Å²) in [7, 11) is 1.84. The molecule has 6 nitrogen and oxygen atoms in total. The highest BCUT2D eigenvalue weighted by Gasteiger charge is 2.47. The second-order valence-corrected chi connectivity index (χ2v) is 4.49. The number of carboxylic acids is 1. The van der Waals surface area contributed by atoms with E-state index in [1.807, 2.05) is 7.05 Å². The fourth-order valence-corrected chi connectivity index (χ4v) is 1.79. The molecule has 88 valence electrons. The van der Waals surface area contributed by atoms with E-state index in [-0.39, 0.29) is 5.92 Å². The summed E-state index contributed by atoms with van der Waals surface area (Å²) < 4.78 is 1.78. The van der Waals surface area contributed by atoms with E-state index >= 15 is 0 Å². The van der Waals surface area contributed by atoms with Crippen LogP contribution in [0.25, 0.3) is 0 Å². The van der Waals surface area contributed by atoms with Gasteiger partial charge in [-0.15, -0.1) is 10.2 Å². The minimum absolute atomic E-state index is 0.234. The average molecular weight is 224 g/mol. The first-order valence-corrected chi connectivity index (χ1v) is 5.35. The Bertz CT molecular complexity index is 399. The Morgan fingerprint density at radius 2 is 2.44 bits per heavy atom. The molecule has 1 aromatic rings. The summed E-state index contributed by atoms with van der Waals surface area (Å²) in [6, 6.07) is 0. The van der Waals surface area contributed by atoms with E-state index in [2.05, 4.69) is 15.5 Å². The highest BCUT2D eigenvalue weighted by Crippen LogP contribution is 2.39. The van der Waals surface area contributed by atoms with Gasteiger partial charge in [-0.1, -0.05) is 0 Å². The molecule has 0 aromatic carbocycles. The van der Waals surface area contributed by atoms with Crippen LogP contribution in [0.3, 0.4) is 0 Å². The van der Waals surface area contributed by atoms with Crippen LogP contribution in [-0.2, 0) is 18.4 Å². The van der Waals surface area contributed by atoms with Crippen LogP contribution in [0.15, 0.2) is 6.33 Å². The second kappa shape index (κ2) is 3.86. The summed E-state index contributed by atoms with van der Waals surface area (Å²) in [5.41, 5.74) is -0.841. The van der Waals surface area contributed by atoms with Gasteiger partial charge in [-0.25, -0.2) is 0 Å². The number of nitrogens with one attached hydrogen (secondary N) is 1. The van der Waals surface area contributed by atoms with Crippen molar-refractivity contribution in [3.63, 3.8) is 0 Å². The van der Waals surface area contributed by atoms with Crippen LogP contribution in [-0.4, -0.2) is 31.4 Å². The fourth-order valence-electron chi connectivity index (χ4n) is 1.79. The lowest BCUT2D eigenvalue weighted by molar-refractivity contribution is -0.145. The maximum absolute atomic E-state index is 11.2. The van der Waals surface area contributed by atoms with Gasteiger partial charge in [-0.05, 0) is 25.7 Å². The van der Waals surface area contributed by atoms with E-state index in [0.29, 0.717) is 6.54 Å². The Labute approximate surface area is 93.7 Å². The topological polar surface area (TPSA) is 80.0 Å². The molecule has 0 spiro atoms. The molecule has 2 rings (SSSR count). The quantitative estimate of drug-likeness (QED) is 0.744. The first-order chi connectivity index (χ1) is 7.54. The number of aliphatic carboxylic acids is 1. The Balaban J connectivity index is 2.02. The molecule has 0 saturated heterocycles. The molecule has 0 amide bonds. The van der Waals surface area contributed by atoms with Gasteiger partial charge >= 0.3 is 5.97 Å². The van der Waals surface area contributed by atoms with Crippen LogP contribution in [0.1, 0.15) is 25.6 Å². The van der Waals surface area contributed by atoms with Gasteiger partial charge in [0.1, 0.15) is 17.7 Å². The van der Waals surface area contributed by atoms with Crippen molar-refractivity contribution < 1.29 is 9.90 Å². The number of rotatable bonds is 5. The third kappa shape index (κ3) is 1.92. The number of carboxylic acid groups (broad SMARTS) is 1. The standard InChI is InChI=1S/C10H16N4O2/c1-10(9(15)16,7-3-4-7)11-5-8-13-12-6-14(8)2/h6-7,11H,3-5H2,1-2H3,(H,15,16). The lowest BCUT2D eigenvalue weighted by Gasteiger charge is -2.25. The number of hydrogen-bond acceptors (Lipinski definition) is 4. The summed E-state index contributed by atoms with van der Waals surface area (Å²) >= 11 is 0. The van der Waals surface area contributed by atoms with Crippen LogP contribution >= 0.6 is 0 Å². The minimum Gasteiger partial charge on any atom is -0.480 e. The Kier molecular flexibility index (Phi) is 2.67. The predicted octanol–water partition coefficient (Wildman–Crippen LogP) is 0.158. The van der Waals surface area contributed by atoms with E-state index in [0.717, 1.165) is 18.7 Å². The van der Waals surface area contributed by atoms with Gasteiger partial charge in [-0.3, -0.25) is 10.1 Å². The maximum Gasteiger partial charge on any atom is 0.323 e. The second-order valence-electron chi connectivity index (χ2n) is 4.49. The summed E-state index contributed by atoms with van der Waals surface area (Å²) in [5.74, 6) is 0.184. The molecule has 1 saturated carbocycles. The zero-order chi connectivity index (χ0) is 11.8. The number of hydrogen-bond donors (Lipinski definition) is 2. The lowest BCUT2D eigenvalue weighted by Crippen LogP contribution is -2.51. The number of carbonyl (C=O) groups is 1. The van der Waals surface area contributed by atoms with Crippen molar-refractivity contribution in [2.75, 3.05) is 0 Å². The van der Waals surface area contributed by atoms with Crippen LogP contribution in [0.4, 0.5) is 0 Å². The van der Waals surface area contributed by atoms with Gasteiger partial charge in [0, 0.05) is 7.05 Å². The van der Waals surface area contributed by atoms with Gasteiger partial charge < -0.3 is 9.67 Å². The maximum atomic E-state index is 11.2. The summed E-state index contributed by atoms with van der Waals surface area (Å²) in [6.07, 6.45) is 3.56.